The van der Waals surface area contributed by atoms with E-state index in [-0.39, 0.29) is 0 Å². The van der Waals surface area contributed by atoms with Crippen LogP contribution in [0.4, 0.5) is 11.4 Å². The normalized spacial score (nSPS) is 15.2. The van der Waals surface area contributed by atoms with Crippen molar-refractivity contribution < 1.29 is 19.1 Å². The second-order valence-electron chi connectivity index (χ2n) is 6.60. The molecule has 0 aromatic heterocycles. The van der Waals surface area contributed by atoms with E-state index < -0.39 is 18.0 Å². The van der Waals surface area contributed by atoms with Crippen molar-refractivity contribution in [3.8, 4) is 0 Å². The number of halogens is 1. The number of carbonyl (C=O) groups is 2. The quantitative estimate of drug-likeness (QED) is 0.575. The molecule has 1 aliphatic heterocycles. The highest BCUT2D eigenvalue weighted by Crippen LogP contribution is 2.19. The van der Waals surface area contributed by atoms with E-state index in [0.29, 0.717) is 23.9 Å². The Morgan fingerprint density at radius 2 is 1.76 bits per heavy atom. The molecule has 2 aromatic rings. The molecule has 6 nitrogen and oxygen atoms in total. The molecule has 0 radical (unpaired) electrons. The molecule has 1 N–H and O–H groups in total. The summed E-state index contributed by atoms with van der Waals surface area (Å²) in [6, 6.07) is 14.6. The Kier molecular flexibility index (Phi) is 7.27. The fraction of sp³-hybridized carbons (Fsp3) is 0.273. The standard InChI is InChI=1S/C22H23ClN2O4/c1-16(29-21(26)11-4-17-2-5-18(23)6-3-17)22(27)24-19-7-9-20(10-8-19)25-12-14-28-15-13-25/h2-11,16H,12-15H2,1H3,(H,24,27)/b11-4+/t16-/m1/s1. The minimum atomic E-state index is -0.920. The molecule has 1 saturated heterocycles. The molecule has 0 saturated carbocycles. The highest BCUT2D eigenvalue weighted by atomic mass is 35.5. The first-order chi connectivity index (χ1) is 14.0. The van der Waals surface area contributed by atoms with E-state index >= 15 is 0 Å². The Hall–Kier alpha value is -2.83. The lowest BCUT2D eigenvalue weighted by atomic mass is 10.2. The van der Waals surface area contributed by atoms with E-state index in [1.165, 1.54) is 13.0 Å². The number of nitrogens with one attached hydrogen (secondary N) is 1. The van der Waals surface area contributed by atoms with Gasteiger partial charge in [0.05, 0.1) is 13.2 Å². The SMILES string of the molecule is C[C@@H](OC(=O)/C=C/c1ccc(Cl)cc1)C(=O)Nc1ccc(N2CCOCC2)cc1. The molecule has 29 heavy (non-hydrogen) atoms. The highest BCUT2D eigenvalue weighted by molar-refractivity contribution is 6.30. The molecule has 1 atom stereocenters. The van der Waals surface area contributed by atoms with E-state index in [2.05, 4.69) is 10.2 Å². The summed E-state index contributed by atoms with van der Waals surface area (Å²) in [6.07, 6.45) is 1.97. The fourth-order valence-corrected chi connectivity index (χ4v) is 2.95. The van der Waals surface area contributed by atoms with Gasteiger partial charge < -0.3 is 19.7 Å². The molecule has 7 heteroatoms. The van der Waals surface area contributed by atoms with Crippen LogP contribution < -0.4 is 10.2 Å². The van der Waals surface area contributed by atoms with Gasteiger partial charge in [-0.1, -0.05) is 23.7 Å². The van der Waals surface area contributed by atoms with Crippen LogP contribution in [0.1, 0.15) is 12.5 Å². The average Bonchev–Trinajstić information content (AvgIpc) is 2.74. The Labute approximate surface area is 175 Å². The smallest absolute Gasteiger partial charge is 0.331 e. The lowest BCUT2D eigenvalue weighted by Crippen LogP contribution is -2.36. The van der Waals surface area contributed by atoms with Gasteiger partial charge in [-0.3, -0.25) is 4.79 Å². The second-order valence-corrected chi connectivity index (χ2v) is 7.04. The van der Waals surface area contributed by atoms with Crippen LogP contribution in [0.2, 0.25) is 5.02 Å². The van der Waals surface area contributed by atoms with Crippen LogP contribution in [-0.4, -0.2) is 44.3 Å². The third-order valence-corrected chi connectivity index (χ3v) is 4.71. The van der Waals surface area contributed by atoms with Crippen molar-refractivity contribution in [3.63, 3.8) is 0 Å². The number of rotatable bonds is 6. The molecule has 0 spiro atoms. The van der Waals surface area contributed by atoms with Gasteiger partial charge in [0.2, 0.25) is 0 Å². The maximum absolute atomic E-state index is 12.3. The van der Waals surface area contributed by atoms with Gasteiger partial charge in [-0.15, -0.1) is 0 Å². The Morgan fingerprint density at radius 3 is 2.41 bits per heavy atom. The van der Waals surface area contributed by atoms with Crippen molar-refractivity contribution in [2.24, 2.45) is 0 Å². The molecule has 1 aliphatic rings. The van der Waals surface area contributed by atoms with E-state index in [0.717, 1.165) is 24.3 Å². The minimum absolute atomic E-state index is 0.391. The van der Waals surface area contributed by atoms with Crippen LogP contribution >= 0.6 is 11.6 Å². The van der Waals surface area contributed by atoms with Crippen molar-refractivity contribution in [1.29, 1.82) is 0 Å². The third kappa shape index (κ3) is 6.34. The van der Waals surface area contributed by atoms with Gasteiger partial charge in [-0.2, -0.15) is 0 Å². The van der Waals surface area contributed by atoms with Crippen molar-refractivity contribution >= 4 is 40.9 Å². The summed E-state index contributed by atoms with van der Waals surface area (Å²) in [5.41, 5.74) is 2.54. The van der Waals surface area contributed by atoms with Crippen LogP contribution in [0.25, 0.3) is 6.08 Å². The lowest BCUT2D eigenvalue weighted by Gasteiger charge is -2.28. The summed E-state index contributed by atoms with van der Waals surface area (Å²) in [5, 5.41) is 3.38. The van der Waals surface area contributed by atoms with Gasteiger partial charge in [0.1, 0.15) is 0 Å². The van der Waals surface area contributed by atoms with Crippen molar-refractivity contribution in [2.75, 3.05) is 36.5 Å². The molecular weight excluding hydrogens is 392 g/mol. The molecule has 0 aliphatic carbocycles. The molecule has 2 aromatic carbocycles. The predicted octanol–water partition coefficient (Wildman–Crippen LogP) is 3.76. The zero-order chi connectivity index (χ0) is 20.6. The van der Waals surface area contributed by atoms with Gasteiger partial charge in [0.15, 0.2) is 6.10 Å². The maximum atomic E-state index is 12.3. The molecule has 1 heterocycles. The van der Waals surface area contributed by atoms with E-state index in [4.69, 9.17) is 21.1 Å². The lowest BCUT2D eigenvalue weighted by molar-refractivity contribution is -0.148. The summed E-state index contributed by atoms with van der Waals surface area (Å²) >= 11 is 5.83. The van der Waals surface area contributed by atoms with Crippen molar-refractivity contribution in [1.82, 2.24) is 0 Å². The first-order valence-corrected chi connectivity index (χ1v) is 9.77. The zero-order valence-corrected chi connectivity index (χ0v) is 16.9. The number of ether oxygens (including phenoxy) is 2. The van der Waals surface area contributed by atoms with E-state index in [1.807, 2.05) is 24.3 Å². The molecule has 0 unspecified atom stereocenters. The number of benzene rings is 2. The van der Waals surface area contributed by atoms with Gasteiger partial charge in [0.25, 0.3) is 5.91 Å². The average molecular weight is 415 g/mol. The predicted molar refractivity (Wildman–Crippen MR) is 114 cm³/mol. The Bertz CT molecular complexity index is 859. The Morgan fingerprint density at radius 1 is 1.10 bits per heavy atom. The van der Waals surface area contributed by atoms with Gasteiger partial charge in [-0.25, -0.2) is 4.79 Å². The third-order valence-electron chi connectivity index (χ3n) is 4.46. The molecule has 1 amide bonds. The summed E-state index contributed by atoms with van der Waals surface area (Å²) in [5.74, 6) is -0.984. The van der Waals surface area contributed by atoms with Crippen LogP contribution in [0.5, 0.6) is 0 Å². The van der Waals surface area contributed by atoms with E-state index in [1.54, 1.807) is 30.3 Å². The Balaban J connectivity index is 1.49. The monoisotopic (exact) mass is 414 g/mol. The number of hydrogen-bond donors (Lipinski definition) is 1. The van der Waals surface area contributed by atoms with Gasteiger partial charge >= 0.3 is 5.97 Å². The van der Waals surface area contributed by atoms with Gasteiger partial charge in [-0.05, 0) is 55.0 Å². The first kappa shape index (κ1) is 20.9. The summed E-state index contributed by atoms with van der Waals surface area (Å²) < 4.78 is 10.5. The summed E-state index contributed by atoms with van der Waals surface area (Å²) in [4.78, 5) is 26.5. The summed E-state index contributed by atoms with van der Waals surface area (Å²) in [6.45, 7) is 4.66. The van der Waals surface area contributed by atoms with Crippen LogP contribution in [-0.2, 0) is 19.1 Å². The number of nitrogens with zero attached hydrogens (tertiary/aromatic N) is 1. The van der Waals surface area contributed by atoms with Crippen LogP contribution in [0.15, 0.2) is 54.6 Å². The molecule has 3 rings (SSSR count). The zero-order valence-electron chi connectivity index (χ0n) is 16.1. The molecule has 152 valence electrons. The number of hydrogen-bond acceptors (Lipinski definition) is 5. The maximum Gasteiger partial charge on any atom is 0.331 e. The number of carbonyl (C=O) groups excluding carboxylic acids is 2. The van der Waals surface area contributed by atoms with Crippen molar-refractivity contribution in [2.45, 2.75) is 13.0 Å². The fourth-order valence-electron chi connectivity index (χ4n) is 2.83. The van der Waals surface area contributed by atoms with E-state index in [9.17, 15) is 9.59 Å². The second kappa shape index (κ2) is 10.1. The number of amides is 1. The molecular formula is C22H23ClN2O4. The number of anilines is 2. The highest BCUT2D eigenvalue weighted by Gasteiger charge is 2.17. The number of esters is 1. The van der Waals surface area contributed by atoms with Crippen LogP contribution in [0.3, 0.4) is 0 Å². The topological polar surface area (TPSA) is 67.9 Å². The first-order valence-electron chi connectivity index (χ1n) is 9.39. The van der Waals surface area contributed by atoms with Crippen molar-refractivity contribution in [3.05, 3.63) is 65.2 Å². The van der Waals surface area contributed by atoms with Crippen LogP contribution in [0, 0.1) is 0 Å². The number of morpholine rings is 1. The molecule has 0 bridgehead atoms. The van der Waals surface area contributed by atoms with Gasteiger partial charge in [0, 0.05) is 35.6 Å². The molecule has 1 fully saturated rings. The largest absolute Gasteiger partial charge is 0.449 e. The minimum Gasteiger partial charge on any atom is -0.449 e. The summed E-state index contributed by atoms with van der Waals surface area (Å²) in [7, 11) is 0.